The number of carbonyl (C=O) groups excluding carboxylic acids is 1. The van der Waals surface area contributed by atoms with E-state index in [9.17, 15) is 13.2 Å². The Kier molecular flexibility index (Phi) is 5.81. The van der Waals surface area contributed by atoms with Gasteiger partial charge in [0.2, 0.25) is 10.0 Å². The van der Waals surface area contributed by atoms with Crippen molar-refractivity contribution in [1.82, 2.24) is 5.32 Å². The van der Waals surface area contributed by atoms with E-state index in [0.29, 0.717) is 18.5 Å². The maximum Gasteiger partial charge on any atom is 0.251 e. The maximum atomic E-state index is 12.3. The van der Waals surface area contributed by atoms with Gasteiger partial charge in [0.05, 0.1) is 12.0 Å². The summed E-state index contributed by atoms with van der Waals surface area (Å²) in [5.74, 6) is 0.420. The third-order valence-corrected chi connectivity index (χ3v) is 4.93. The summed E-state index contributed by atoms with van der Waals surface area (Å²) in [4.78, 5) is 12.2. The fourth-order valence-electron chi connectivity index (χ4n) is 2.56. The Morgan fingerprint density at radius 2 is 1.88 bits per heavy atom. The van der Waals surface area contributed by atoms with E-state index in [1.165, 1.54) is 6.07 Å². The molecule has 0 fully saturated rings. The van der Waals surface area contributed by atoms with Crippen molar-refractivity contribution in [3.8, 4) is 5.75 Å². The van der Waals surface area contributed by atoms with Crippen molar-refractivity contribution in [2.45, 2.75) is 25.2 Å². The monoisotopic (exact) mass is 362 g/mol. The van der Waals surface area contributed by atoms with Crippen LogP contribution in [0.5, 0.6) is 5.75 Å². The second-order valence-electron chi connectivity index (χ2n) is 5.85. The Labute approximate surface area is 148 Å². The van der Waals surface area contributed by atoms with Gasteiger partial charge in [-0.3, -0.25) is 4.79 Å². The lowest BCUT2D eigenvalue weighted by molar-refractivity contribution is 0.0954. The van der Waals surface area contributed by atoms with Crippen LogP contribution in [0.4, 0.5) is 0 Å². The number of hydrogen-bond donors (Lipinski definition) is 2. The van der Waals surface area contributed by atoms with Crippen LogP contribution in [0.3, 0.4) is 0 Å². The highest BCUT2D eigenvalue weighted by Crippen LogP contribution is 2.20. The lowest BCUT2D eigenvalue weighted by Gasteiger charge is -2.11. The maximum absolute atomic E-state index is 12.3. The molecule has 0 spiro atoms. The molecule has 2 rings (SSSR count). The molecule has 0 aliphatic heterocycles. The van der Waals surface area contributed by atoms with Gasteiger partial charge in [-0.15, -0.1) is 0 Å². The minimum atomic E-state index is -3.86. The van der Waals surface area contributed by atoms with E-state index >= 15 is 0 Å². The zero-order valence-electron chi connectivity index (χ0n) is 14.5. The standard InChI is InChI=1S/C18H22N2O4S/c1-12-4-7-16(24-3)14(10-12)8-9-20-18(21)15-6-5-13(2)17(11-15)25(19,22)23/h4-7,10-11H,8-9H2,1-3H3,(H,20,21)(H2,19,22,23). The molecule has 134 valence electrons. The van der Waals surface area contributed by atoms with Crippen molar-refractivity contribution in [2.24, 2.45) is 5.14 Å². The summed E-state index contributed by atoms with van der Waals surface area (Å²) < 4.78 is 28.4. The number of nitrogens with one attached hydrogen (secondary N) is 1. The van der Waals surface area contributed by atoms with Crippen molar-refractivity contribution >= 4 is 15.9 Å². The molecule has 0 saturated carbocycles. The number of primary sulfonamides is 1. The Hall–Kier alpha value is -2.38. The number of hydrogen-bond acceptors (Lipinski definition) is 4. The summed E-state index contributed by atoms with van der Waals surface area (Å²) in [7, 11) is -2.26. The first kappa shape index (κ1) is 19.0. The average Bonchev–Trinajstić information content (AvgIpc) is 2.54. The van der Waals surface area contributed by atoms with E-state index in [1.807, 2.05) is 25.1 Å². The average molecular weight is 362 g/mol. The van der Waals surface area contributed by atoms with E-state index in [0.717, 1.165) is 16.9 Å². The number of benzene rings is 2. The molecule has 1 amide bonds. The van der Waals surface area contributed by atoms with E-state index in [1.54, 1.807) is 26.2 Å². The SMILES string of the molecule is COc1ccc(C)cc1CCNC(=O)c1ccc(C)c(S(N)(=O)=O)c1. The Morgan fingerprint density at radius 1 is 1.16 bits per heavy atom. The molecule has 0 aromatic heterocycles. The molecule has 0 unspecified atom stereocenters. The zero-order valence-corrected chi connectivity index (χ0v) is 15.3. The molecule has 0 saturated heterocycles. The van der Waals surface area contributed by atoms with Crippen LogP contribution in [-0.4, -0.2) is 28.0 Å². The molecule has 2 aromatic rings. The largest absolute Gasteiger partial charge is 0.496 e. The van der Waals surface area contributed by atoms with Crippen LogP contribution >= 0.6 is 0 Å². The van der Waals surface area contributed by atoms with Crippen molar-refractivity contribution in [2.75, 3.05) is 13.7 Å². The molecular weight excluding hydrogens is 340 g/mol. The molecule has 0 atom stereocenters. The van der Waals surface area contributed by atoms with Gasteiger partial charge in [0.25, 0.3) is 5.91 Å². The predicted octanol–water partition coefficient (Wildman–Crippen LogP) is 1.93. The number of rotatable bonds is 6. The van der Waals surface area contributed by atoms with Gasteiger partial charge < -0.3 is 10.1 Å². The number of aryl methyl sites for hydroxylation is 2. The third kappa shape index (κ3) is 4.80. The Bertz CT molecular complexity index is 892. The molecular formula is C18H22N2O4S. The lowest BCUT2D eigenvalue weighted by atomic mass is 10.1. The number of methoxy groups -OCH3 is 1. The summed E-state index contributed by atoms with van der Waals surface area (Å²) in [5.41, 5.74) is 2.87. The number of ether oxygens (including phenoxy) is 1. The number of sulfonamides is 1. The smallest absolute Gasteiger partial charge is 0.251 e. The molecule has 3 N–H and O–H groups in total. The van der Waals surface area contributed by atoms with Crippen LogP contribution in [0.2, 0.25) is 0 Å². The van der Waals surface area contributed by atoms with Gasteiger partial charge in [0.1, 0.15) is 5.75 Å². The summed E-state index contributed by atoms with van der Waals surface area (Å²) >= 11 is 0. The van der Waals surface area contributed by atoms with Crippen LogP contribution in [0, 0.1) is 13.8 Å². The molecule has 0 aliphatic carbocycles. The first-order valence-electron chi connectivity index (χ1n) is 7.77. The fraction of sp³-hybridized carbons (Fsp3) is 0.278. The van der Waals surface area contributed by atoms with Crippen molar-refractivity contribution in [1.29, 1.82) is 0 Å². The van der Waals surface area contributed by atoms with Gasteiger partial charge in [0.15, 0.2) is 0 Å². The van der Waals surface area contributed by atoms with Gasteiger partial charge in [-0.2, -0.15) is 0 Å². The van der Waals surface area contributed by atoms with Gasteiger partial charge in [0, 0.05) is 12.1 Å². The van der Waals surface area contributed by atoms with Crippen molar-refractivity contribution in [3.63, 3.8) is 0 Å². The molecule has 0 radical (unpaired) electrons. The second-order valence-corrected chi connectivity index (χ2v) is 7.38. The van der Waals surface area contributed by atoms with Crippen molar-refractivity contribution in [3.05, 3.63) is 58.7 Å². The van der Waals surface area contributed by atoms with E-state index in [4.69, 9.17) is 9.88 Å². The van der Waals surface area contributed by atoms with Crippen LogP contribution in [0.25, 0.3) is 0 Å². The highest BCUT2D eigenvalue weighted by atomic mass is 32.2. The minimum Gasteiger partial charge on any atom is -0.496 e. The van der Waals surface area contributed by atoms with Gasteiger partial charge in [-0.1, -0.05) is 23.8 Å². The number of amides is 1. The summed E-state index contributed by atoms with van der Waals surface area (Å²) in [5, 5.41) is 7.96. The highest BCUT2D eigenvalue weighted by Gasteiger charge is 2.15. The van der Waals surface area contributed by atoms with Gasteiger partial charge >= 0.3 is 0 Å². The summed E-state index contributed by atoms with van der Waals surface area (Å²) in [6, 6.07) is 10.3. The van der Waals surface area contributed by atoms with Crippen LogP contribution in [0.1, 0.15) is 27.0 Å². The second kappa shape index (κ2) is 7.67. The van der Waals surface area contributed by atoms with E-state index in [-0.39, 0.29) is 16.4 Å². The minimum absolute atomic E-state index is 0.0412. The number of carbonyl (C=O) groups is 1. The molecule has 0 aliphatic rings. The summed E-state index contributed by atoms with van der Waals surface area (Å²) in [6.45, 7) is 4.02. The predicted molar refractivity (Wildman–Crippen MR) is 96.3 cm³/mol. The molecule has 2 aromatic carbocycles. The van der Waals surface area contributed by atoms with Gasteiger partial charge in [-0.25, -0.2) is 13.6 Å². The Balaban J connectivity index is 2.08. The molecule has 6 nitrogen and oxygen atoms in total. The Morgan fingerprint density at radius 3 is 2.52 bits per heavy atom. The first-order valence-corrected chi connectivity index (χ1v) is 9.32. The van der Waals surface area contributed by atoms with Crippen LogP contribution in [-0.2, 0) is 16.4 Å². The lowest BCUT2D eigenvalue weighted by Crippen LogP contribution is -2.26. The van der Waals surface area contributed by atoms with E-state index < -0.39 is 10.0 Å². The van der Waals surface area contributed by atoms with Crippen LogP contribution < -0.4 is 15.2 Å². The quantitative estimate of drug-likeness (QED) is 0.820. The third-order valence-electron chi connectivity index (χ3n) is 3.87. The molecule has 25 heavy (non-hydrogen) atoms. The fourth-order valence-corrected chi connectivity index (χ4v) is 3.37. The highest BCUT2D eigenvalue weighted by molar-refractivity contribution is 7.89. The van der Waals surface area contributed by atoms with Gasteiger partial charge in [-0.05, 0) is 49.6 Å². The van der Waals surface area contributed by atoms with E-state index in [2.05, 4.69) is 5.32 Å². The first-order chi connectivity index (χ1) is 11.7. The topological polar surface area (TPSA) is 98.5 Å². The summed E-state index contributed by atoms with van der Waals surface area (Å²) in [6.07, 6.45) is 0.602. The van der Waals surface area contributed by atoms with Crippen molar-refractivity contribution < 1.29 is 17.9 Å². The normalized spacial score (nSPS) is 11.2. The molecule has 0 heterocycles. The zero-order chi connectivity index (χ0) is 18.6. The molecule has 7 heteroatoms. The number of nitrogens with two attached hydrogens (primary N) is 1. The molecule has 0 bridgehead atoms. The van der Waals surface area contributed by atoms with Crippen LogP contribution in [0.15, 0.2) is 41.3 Å².